The van der Waals surface area contributed by atoms with Crippen molar-refractivity contribution in [3.8, 4) is 5.75 Å². The number of hydrogen-bond donors (Lipinski definition) is 1. The lowest BCUT2D eigenvalue weighted by molar-refractivity contribution is -0.117. The number of anilines is 1. The van der Waals surface area contributed by atoms with Gasteiger partial charge in [0.1, 0.15) is 5.75 Å². The summed E-state index contributed by atoms with van der Waals surface area (Å²) in [4.78, 5) is 14.5. The average molecular weight is 328 g/mol. The molecule has 0 radical (unpaired) electrons. The summed E-state index contributed by atoms with van der Waals surface area (Å²) in [7, 11) is 1.83. The zero-order valence-corrected chi connectivity index (χ0v) is 14.2. The van der Waals surface area contributed by atoms with Crippen LogP contribution in [-0.4, -0.2) is 39.8 Å². The molecule has 2 aromatic rings. The van der Waals surface area contributed by atoms with E-state index in [0.717, 1.165) is 25.1 Å². The summed E-state index contributed by atoms with van der Waals surface area (Å²) >= 11 is 0. The zero-order chi connectivity index (χ0) is 16.9. The van der Waals surface area contributed by atoms with Crippen molar-refractivity contribution in [3.63, 3.8) is 0 Å². The first-order chi connectivity index (χ1) is 11.6. The van der Waals surface area contributed by atoms with Crippen LogP contribution in [0.2, 0.25) is 0 Å². The SMILES string of the molecule is CCOc1ccc(CN(CC(=O)Nc2ccn(C)n2)C2CC2)cc1. The van der Waals surface area contributed by atoms with Crippen LogP contribution in [0.4, 0.5) is 5.82 Å². The Morgan fingerprint density at radius 3 is 2.67 bits per heavy atom. The third-order valence-corrected chi connectivity index (χ3v) is 4.01. The van der Waals surface area contributed by atoms with Gasteiger partial charge in [0.25, 0.3) is 0 Å². The number of aryl methyl sites for hydroxylation is 1. The van der Waals surface area contributed by atoms with Gasteiger partial charge in [-0.05, 0) is 37.5 Å². The van der Waals surface area contributed by atoms with Crippen LogP contribution in [0.5, 0.6) is 5.75 Å². The Bertz CT molecular complexity index is 677. The second-order valence-corrected chi connectivity index (χ2v) is 6.14. The molecule has 0 saturated heterocycles. The molecule has 0 atom stereocenters. The minimum atomic E-state index is -0.0217. The van der Waals surface area contributed by atoms with Crippen LogP contribution in [-0.2, 0) is 18.4 Å². The van der Waals surface area contributed by atoms with E-state index in [2.05, 4.69) is 27.4 Å². The van der Waals surface area contributed by atoms with E-state index in [4.69, 9.17) is 4.74 Å². The van der Waals surface area contributed by atoms with E-state index >= 15 is 0 Å². The highest BCUT2D eigenvalue weighted by Gasteiger charge is 2.30. The number of benzene rings is 1. The van der Waals surface area contributed by atoms with Gasteiger partial charge in [0.2, 0.25) is 5.91 Å². The normalized spacial score (nSPS) is 14.0. The predicted octanol–water partition coefficient (Wildman–Crippen LogP) is 2.42. The van der Waals surface area contributed by atoms with Gasteiger partial charge in [-0.1, -0.05) is 12.1 Å². The number of amides is 1. The largest absolute Gasteiger partial charge is 0.494 e. The van der Waals surface area contributed by atoms with Crippen molar-refractivity contribution < 1.29 is 9.53 Å². The molecule has 0 bridgehead atoms. The molecular formula is C18H24N4O2. The van der Waals surface area contributed by atoms with E-state index in [9.17, 15) is 4.79 Å². The third-order valence-electron chi connectivity index (χ3n) is 4.01. The summed E-state index contributed by atoms with van der Waals surface area (Å²) in [6.45, 7) is 3.80. The summed E-state index contributed by atoms with van der Waals surface area (Å²) < 4.78 is 7.15. The lowest BCUT2D eigenvalue weighted by Gasteiger charge is -2.21. The van der Waals surface area contributed by atoms with Gasteiger partial charge < -0.3 is 10.1 Å². The third kappa shape index (κ3) is 4.58. The molecule has 0 spiro atoms. The number of nitrogens with one attached hydrogen (secondary N) is 1. The maximum atomic E-state index is 12.3. The zero-order valence-electron chi connectivity index (χ0n) is 14.2. The van der Waals surface area contributed by atoms with Crippen LogP contribution < -0.4 is 10.1 Å². The van der Waals surface area contributed by atoms with E-state index in [-0.39, 0.29) is 5.91 Å². The molecule has 1 fully saturated rings. The Morgan fingerprint density at radius 2 is 2.08 bits per heavy atom. The summed E-state index contributed by atoms with van der Waals surface area (Å²) in [5, 5.41) is 7.04. The number of hydrogen-bond acceptors (Lipinski definition) is 4. The van der Waals surface area contributed by atoms with Gasteiger partial charge in [-0.2, -0.15) is 5.10 Å². The number of ether oxygens (including phenoxy) is 1. The first-order valence-electron chi connectivity index (χ1n) is 8.39. The molecule has 0 aliphatic heterocycles. The highest BCUT2D eigenvalue weighted by atomic mass is 16.5. The van der Waals surface area contributed by atoms with Crippen molar-refractivity contribution in [3.05, 3.63) is 42.1 Å². The van der Waals surface area contributed by atoms with Gasteiger partial charge in [0, 0.05) is 31.9 Å². The van der Waals surface area contributed by atoms with Crippen molar-refractivity contribution in [1.82, 2.24) is 14.7 Å². The fourth-order valence-corrected chi connectivity index (χ4v) is 2.69. The van der Waals surface area contributed by atoms with E-state index in [0.29, 0.717) is 25.0 Å². The topological polar surface area (TPSA) is 59.4 Å². The molecule has 1 amide bonds. The average Bonchev–Trinajstić information content (AvgIpc) is 3.32. The van der Waals surface area contributed by atoms with Crippen molar-refractivity contribution in [2.24, 2.45) is 7.05 Å². The molecule has 1 saturated carbocycles. The fourth-order valence-electron chi connectivity index (χ4n) is 2.69. The first-order valence-corrected chi connectivity index (χ1v) is 8.39. The quantitative estimate of drug-likeness (QED) is 0.808. The van der Waals surface area contributed by atoms with Crippen LogP contribution in [0.3, 0.4) is 0 Å². The fraction of sp³-hybridized carbons (Fsp3) is 0.444. The lowest BCUT2D eigenvalue weighted by Crippen LogP contribution is -2.34. The van der Waals surface area contributed by atoms with Crippen LogP contribution >= 0.6 is 0 Å². The lowest BCUT2D eigenvalue weighted by atomic mass is 10.2. The monoisotopic (exact) mass is 328 g/mol. The molecule has 24 heavy (non-hydrogen) atoms. The van der Waals surface area contributed by atoms with Crippen LogP contribution in [0, 0.1) is 0 Å². The van der Waals surface area contributed by atoms with Crippen molar-refractivity contribution in [2.75, 3.05) is 18.5 Å². The first kappa shape index (κ1) is 16.5. The molecular weight excluding hydrogens is 304 g/mol. The van der Waals surface area contributed by atoms with E-state index in [1.165, 1.54) is 5.56 Å². The highest BCUT2D eigenvalue weighted by Crippen LogP contribution is 2.28. The summed E-state index contributed by atoms with van der Waals surface area (Å²) in [6.07, 6.45) is 4.13. The number of carbonyl (C=O) groups is 1. The van der Waals surface area contributed by atoms with Gasteiger partial charge in [-0.25, -0.2) is 0 Å². The number of aromatic nitrogens is 2. The summed E-state index contributed by atoms with van der Waals surface area (Å²) in [6, 6.07) is 10.4. The smallest absolute Gasteiger partial charge is 0.239 e. The molecule has 0 unspecified atom stereocenters. The van der Waals surface area contributed by atoms with Gasteiger partial charge in [-0.3, -0.25) is 14.4 Å². The molecule has 1 aliphatic rings. The van der Waals surface area contributed by atoms with Gasteiger partial charge in [0.05, 0.1) is 13.2 Å². The Labute approximate surface area is 142 Å². The molecule has 1 aromatic carbocycles. The molecule has 1 heterocycles. The van der Waals surface area contributed by atoms with Crippen LogP contribution in [0.25, 0.3) is 0 Å². The van der Waals surface area contributed by atoms with Gasteiger partial charge in [0.15, 0.2) is 5.82 Å². The van der Waals surface area contributed by atoms with E-state index < -0.39 is 0 Å². The Balaban J connectivity index is 1.57. The molecule has 3 rings (SSSR count). The van der Waals surface area contributed by atoms with E-state index in [1.54, 1.807) is 10.7 Å². The van der Waals surface area contributed by atoms with Crippen molar-refractivity contribution in [2.45, 2.75) is 32.4 Å². The standard InChI is InChI=1S/C18H24N4O2/c1-3-24-16-8-4-14(5-9-16)12-22(15-6-7-15)13-18(23)19-17-10-11-21(2)20-17/h4-5,8-11,15H,3,6-7,12-13H2,1-2H3,(H,19,20,23). The number of rotatable bonds is 8. The van der Waals surface area contributed by atoms with Crippen molar-refractivity contribution in [1.29, 1.82) is 0 Å². The molecule has 6 heteroatoms. The maximum Gasteiger partial charge on any atom is 0.239 e. The Kier molecular flexibility index (Phi) is 5.15. The molecule has 128 valence electrons. The minimum absolute atomic E-state index is 0.0217. The number of carbonyl (C=O) groups excluding carboxylic acids is 1. The summed E-state index contributed by atoms with van der Waals surface area (Å²) in [5.74, 6) is 1.46. The van der Waals surface area contributed by atoms with Crippen LogP contribution in [0.1, 0.15) is 25.3 Å². The number of nitrogens with zero attached hydrogens (tertiary/aromatic N) is 3. The molecule has 1 aromatic heterocycles. The Hall–Kier alpha value is -2.34. The second-order valence-electron chi connectivity index (χ2n) is 6.14. The maximum absolute atomic E-state index is 12.3. The molecule has 6 nitrogen and oxygen atoms in total. The van der Waals surface area contributed by atoms with Crippen molar-refractivity contribution >= 4 is 11.7 Å². The predicted molar refractivity (Wildman–Crippen MR) is 92.9 cm³/mol. The second kappa shape index (κ2) is 7.49. The molecule has 1 aliphatic carbocycles. The van der Waals surface area contributed by atoms with Gasteiger partial charge in [-0.15, -0.1) is 0 Å². The van der Waals surface area contributed by atoms with Gasteiger partial charge >= 0.3 is 0 Å². The Morgan fingerprint density at radius 1 is 1.33 bits per heavy atom. The van der Waals surface area contributed by atoms with Crippen LogP contribution in [0.15, 0.2) is 36.5 Å². The van der Waals surface area contributed by atoms with E-state index in [1.807, 2.05) is 32.3 Å². The highest BCUT2D eigenvalue weighted by molar-refractivity contribution is 5.91. The minimum Gasteiger partial charge on any atom is -0.494 e. The molecule has 1 N–H and O–H groups in total. The summed E-state index contributed by atoms with van der Waals surface area (Å²) in [5.41, 5.74) is 1.19.